The Morgan fingerprint density at radius 3 is 2.65 bits per heavy atom. The van der Waals surface area contributed by atoms with Gasteiger partial charge in [-0.25, -0.2) is 0 Å². The van der Waals surface area contributed by atoms with E-state index in [9.17, 15) is 14.9 Å². The summed E-state index contributed by atoms with van der Waals surface area (Å²) in [5.74, 6) is 2.24. The molecular formula is C18H18N2O5S. The van der Waals surface area contributed by atoms with Crippen LogP contribution in [0.15, 0.2) is 48.5 Å². The number of rotatable bonds is 7. The van der Waals surface area contributed by atoms with Gasteiger partial charge >= 0.3 is 0 Å². The number of nitro benzene ring substituents is 1. The normalized spacial score (nSPS) is 15.3. The molecule has 7 nitrogen and oxygen atoms in total. The van der Waals surface area contributed by atoms with Crippen LogP contribution in [0.5, 0.6) is 11.5 Å². The van der Waals surface area contributed by atoms with Gasteiger partial charge < -0.3 is 14.8 Å². The fourth-order valence-corrected chi connectivity index (χ4v) is 3.24. The summed E-state index contributed by atoms with van der Waals surface area (Å²) in [6.07, 6.45) is -0.214. The summed E-state index contributed by atoms with van der Waals surface area (Å²) in [4.78, 5) is 22.1. The molecule has 1 aliphatic heterocycles. The molecule has 0 bridgehead atoms. The quantitative estimate of drug-likeness (QED) is 0.592. The predicted molar refractivity (Wildman–Crippen MR) is 98.6 cm³/mol. The summed E-state index contributed by atoms with van der Waals surface area (Å²) in [7, 11) is 0. The third kappa shape index (κ3) is 4.89. The molecule has 1 atom stereocenters. The minimum absolute atomic E-state index is 0.0627. The van der Waals surface area contributed by atoms with E-state index in [-0.39, 0.29) is 17.7 Å². The Morgan fingerprint density at radius 1 is 1.19 bits per heavy atom. The Hall–Kier alpha value is -2.74. The number of nitrogens with zero attached hydrogens (tertiary/aromatic N) is 1. The van der Waals surface area contributed by atoms with Crippen molar-refractivity contribution in [2.24, 2.45) is 0 Å². The Labute approximate surface area is 154 Å². The van der Waals surface area contributed by atoms with Crippen LogP contribution < -0.4 is 14.8 Å². The molecule has 2 aromatic rings. The number of para-hydroxylation sites is 2. The molecule has 26 heavy (non-hydrogen) atoms. The van der Waals surface area contributed by atoms with E-state index in [1.54, 1.807) is 12.1 Å². The van der Waals surface area contributed by atoms with Crippen molar-refractivity contribution in [2.75, 3.05) is 18.9 Å². The average Bonchev–Trinajstić information content (AvgIpc) is 2.66. The van der Waals surface area contributed by atoms with Gasteiger partial charge in [0.1, 0.15) is 12.7 Å². The van der Waals surface area contributed by atoms with E-state index < -0.39 is 4.92 Å². The van der Waals surface area contributed by atoms with Gasteiger partial charge in [0, 0.05) is 17.9 Å². The standard InChI is InChI=1S/C18H18N2O5S/c21-18(12-26-11-13-5-7-14(8-6-13)20(22)23)19-9-15-10-24-16-3-1-2-4-17(16)25-15/h1-8,15H,9-12H2,(H,19,21). The number of amides is 1. The molecule has 0 spiro atoms. The van der Waals surface area contributed by atoms with Crippen LogP contribution in [0.3, 0.4) is 0 Å². The summed E-state index contributed by atoms with van der Waals surface area (Å²) in [5, 5.41) is 13.5. The summed E-state index contributed by atoms with van der Waals surface area (Å²) >= 11 is 1.45. The van der Waals surface area contributed by atoms with Crippen LogP contribution >= 0.6 is 11.8 Å². The molecule has 0 aromatic heterocycles. The first kappa shape index (κ1) is 18.1. The third-order valence-corrected chi connectivity index (χ3v) is 4.75. The van der Waals surface area contributed by atoms with Crippen molar-refractivity contribution in [3.8, 4) is 11.5 Å². The molecule has 1 heterocycles. The second-order valence-corrected chi connectivity index (χ2v) is 6.70. The molecule has 8 heteroatoms. The third-order valence-electron chi connectivity index (χ3n) is 3.74. The highest BCUT2D eigenvalue weighted by Crippen LogP contribution is 2.30. The SMILES string of the molecule is O=C(CSCc1ccc([N+](=O)[O-])cc1)NCC1COc2ccccc2O1. The number of hydrogen-bond donors (Lipinski definition) is 1. The number of thioether (sulfide) groups is 1. The second-order valence-electron chi connectivity index (χ2n) is 5.72. The fourth-order valence-electron chi connectivity index (χ4n) is 2.42. The monoisotopic (exact) mass is 374 g/mol. The number of ether oxygens (including phenoxy) is 2. The molecule has 0 saturated carbocycles. The lowest BCUT2D eigenvalue weighted by Crippen LogP contribution is -2.41. The van der Waals surface area contributed by atoms with Gasteiger partial charge in [0.25, 0.3) is 5.69 Å². The lowest BCUT2D eigenvalue weighted by molar-refractivity contribution is -0.384. The molecule has 136 valence electrons. The molecule has 3 rings (SSSR count). The molecule has 1 unspecified atom stereocenters. The summed E-state index contributed by atoms with van der Waals surface area (Å²) < 4.78 is 11.4. The first-order valence-corrected chi connectivity index (χ1v) is 9.23. The molecule has 0 aliphatic carbocycles. The number of carbonyl (C=O) groups is 1. The van der Waals surface area contributed by atoms with Gasteiger partial charge in [0.15, 0.2) is 11.5 Å². The molecule has 0 radical (unpaired) electrons. The first-order valence-electron chi connectivity index (χ1n) is 8.08. The highest BCUT2D eigenvalue weighted by molar-refractivity contribution is 7.99. The van der Waals surface area contributed by atoms with E-state index in [1.165, 1.54) is 23.9 Å². The van der Waals surface area contributed by atoms with Gasteiger partial charge in [-0.1, -0.05) is 24.3 Å². The van der Waals surface area contributed by atoms with E-state index in [4.69, 9.17) is 9.47 Å². The lowest BCUT2D eigenvalue weighted by Gasteiger charge is -2.26. The molecule has 0 saturated heterocycles. The minimum Gasteiger partial charge on any atom is -0.486 e. The van der Waals surface area contributed by atoms with Crippen LogP contribution in [-0.4, -0.2) is 35.8 Å². The van der Waals surface area contributed by atoms with Gasteiger partial charge in [-0.3, -0.25) is 14.9 Å². The number of fused-ring (bicyclic) bond motifs is 1. The molecular weight excluding hydrogens is 356 g/mol. The van der Waals surface area contributed by atoms with Crippen LogP contribution in [0.4, 0.5) is 5.69 Å². The first-order chi connectivity index (χ1) is 12.6. The Morgan fingerprint density at radius 2 is 1.92 bits per heavy atom. The van der Waals surface area contributed by atoms with Crippen LogP contribution in [-0.2, 0) is 10.5 Å². The van der Waals surface area contributed by atoms with E-state index in [1.807, 2.05) is 24.3 Å². The van der Waals surface area contributed by atoms with Crippen LogP contribution in [0, 0.1) is 10.1 Å². The van der Waals surface area contributed by atoms with Crippen molar-refractivity contribution in [3.63, 3.8) is 0 Å². The van der Waals surface area contributed by atoms with E-state index in [0.717, 1.165) is 5.56 Å². The molecule has 1 amide bonds. The summed E-state index contributed by atoms with van der Waals surface area (Å²) in [6.45, 7) is 0.776. The fraction of sp³-hybridized carbons (Fsp3) is 0.278. The maximum atomic E-state index is 11.9. The van der Waals surface area contributed by atoms with Crippen molar-refractivity contribution >= 4 is 23.4 Å². The maximum absolute atomic E-state index is 11.9. The summed E-state index contributed by atoms with van der Waals surface area (Å²) in [5.41, 5.74) is 1.00. The number of benzene rings is 2. The Kier molecular flexibility index (Phi) is 5.96. The van der Waals surface area contributed by atoms with Gasteiger partial charge in [-0.15, -0.1) is 11.8 Å². The molecule has 0 fully saturated rings. The maximum Gasteiger partial charge on any atom is 0.269 e. The van der Waals surface area contributed by atoms with Gasteiger partial charge in [0.05, 0.1) is 17.2 Å². The largest absolute Gasteiger partial charge is 0.486 e. The predicted octanol–water partition coefficient (Wildman–Crippen LogP) is 2.78. The highest BCUT2D eigenvalue weighted by atomic mass is 32.2. The molecule has 1 aliphatic rings. The molecule has 1 N–H and O–H groups in total. The Bertz CT molecular complexity index is 781. The van der Waals surface area contributed by atoms with Crippen LogP contribution in [0.1, 0.15) is 5.56 Å². The number of carbonyl (C=O) groups excluding carboxylic acids is 1. The highest BCUT2D eigenvalue weighted by Gasteiger charge is 2.20. The zero-order valence-corrected chi connectivity index (χ0v) is 14.7. The topological polar surface area (TPSA) is 90.7 Å². The van der Waals surface area contributed by atoms with E-state index >= 15 is 0 Å². The number of hydrogen-bond acceptors (Lipinski definition) is 6. The van der Waals surface area contributed by atoms with Crippen LogP contribution in [0.2, 0.25) is 0 Å². The number of non-ortho nitro benzene ring substituents is 1. The molecule has 2 aromatic carbocycles. The average molecular weight is 374 g/mol. The van der Waals surface area contributed by atoms with Gasteiger partial charge in [-0.2, -0.15) is 0 Å². The van der Waals surface area contributed by atoms with Crippen molar-refractivity contribution in [3.05, 3.63) is 64.2 Å². The van der Waals surface area contributed by atoms with E-state index in [0.29, 0.717) is 36.2 Å². The van der Waals surface area contributed by atoms with Gasteiger partial charge in [-0.05, 0) is 17.7 Å². The van der Waals surface area contributed by atoms with Crippen LogP contribution in [0.25, 0.3) is 0 Å². The van der Waals surface area contributed by atoms with E-state index in [2.05, 4.69) is 5.32 Å². The van der Waals surface area contributed by atoms with Crippen molar-refractivity contribution in [1.82, 2.24) is 5.32 Å². The van der Waals surface area contributed by atoms with Gasteiger partial charge in [0.2, 0.25) is 5.91 Å². The number of nitro groups is 1. The van der Waals surface area contributed by atoms with Crippen molar-refractivity contribution in [2.45, 2.75) is 11.9 Å². The smallest absolute Gasteiger partial charge is 0.269 e. The Balaban J connectivity index is 1.36. The number of nitrogens with one attached hydrogen (secondary N) is 1. The minimum atomic E-state index is -0.431. The van der Waals surface area contributed by atoms with Crippen molar-refractivity contribution < 1.29 is 19.2 Å². The zero-order valence-electron chi connectivity index (χ0n) is 13.9. The summed E-state index contributed by atoms with van der Waals surface area (Å²) in [6, 6.07) is 13.8. The van der Waals surface area contributed by atoms with Crippen molar-refractivity contribution in [1.29, 1.82) is 0 Å². The zero-order chi connectivity index (χ0) is 18.4. The lowest BCUT2D eigenvalue weighted by atomic mass is 10.2. The second kappa shape index (κ2) is 8.57.